The van der Waals surface area contributed by atoms with Crippen LogP contribution in [-0.4, -0.2) is 9.97 Å². The van der Waals surface area contributed by atoms with Crippen molar-refractivity contribution in [1.82, 2.24) is 0 Å². The largest absolute Gasteiger partial charge is 0.506 e. The summed E-state index contributed by atoms with van der Waals surface area (Å²) in [6.45, 7) is 2.41. The summed E-state index contributed by atoms with van der Waals surface area (Å²) < 4.78 is 0. The number of rotatable bonds is 0. The van der Waals surface area contributed by atoms with E-state index < -0.39 is 0 Å². The minimum Gasteiger partial charge on any atom is -0.506 e. The van der Waals surface area contributed by atoms with Crippen LogP contribution in [0.25, 0.3) is 0 Å². The van der Waals surface area contributed by atoms with E-state index in [9.17, 15) is 5.11 Å². The zero-order chi connectivity index (χ0) is 14.8. The molecule has 0 heterocycles. The predicted octanol–water partition coefficient (Wildman–Crippen LogP) is 5.27. The molecule has 2 saturated carbocycles. The molecule has 0 bridgehead atoms. The molecule has 0 unspecified atom stereocenters. The summed E-state index contributed by atoms with van der Waals surface area (Å²) >= 11 is 11.9. The standard InChI is InChI=1S/C18H21ClOS/c1-18-7-6-11-12(14(18)4-5-17(18)21)3-2-10-8-16(20)15(19)9-13(10)11/h8-9,11-12,14,20H,2-7H2,1H3/t11-,12+,14-,18-/m0/s1. The second-order valence-corrected chi connectivity index (χ2v) is 8.24. The lowest BCUT2D eigenvalue weighted by Gasteiger charge is -2.49. The molecule has 0 aromatic heterocycles. The van der Waals surface area contributed by atoms with E-state index in [0.717, 1.165) is 24.7 Å². The number of hydrogen-bond donors (Lipinski definition) is 1. The van der Waals surface area contributed by atoms with Crippen molar-refractivity contribution in [2.24, 2.45) is 17.3 Å². The number of fused-ring (bicyclic) bond motifs is 5. The Morgan fingerprint density at radius 2 is 2.05 bits per heavy atom. The van der Waals surface area contributed by atoms with Crippen molar-refractivity contribution in [3.8, 4) is 5.75 Å². The van der Waals surface area contributed by atoms with E-state index in [-0.39, 0.29) is 5.75 Å². The van der Waals surface area contributed by atoms with Gasteiger partial charge in [-0.05, 0) is 84.4 Å². The van der Waals surface area contributed by atoms with Crippen molar-refractivity contribution < 1.29 is 5.11 Å². The summed E-state index contributed by atoms with van der Waals surface area (Å²) in [6, 6.07) is 3.92. The topological polar surface area (TPSA) is 20.2 Å². The normalized spacial score (nSPS) is 37.8. The van der Waals surface area contributed by atoms with Gasteiger partial charge in [0.25, 0.3) is 0 Å². The van der Waals surface area contributed by atoms with Gasteiger partial charge < -0.3 is 5.11 Å². The molecular weight excluding hydrogens is 300 g/mol. The van der Waals surface area contributed by atoms with Crippen molar-refractivity contribution in [3.63, 3.8) is 0 Å². The molecule has 0 saturated heterocycles. The van der Waals surface area contributed by atoms with Crippen LogP contribution >= 0.6 is 23.8 Å². The first-order valence-corrected chi connectivity index (χ1v) is 8.84. The van der Waals surface area contributed by atoms with Crippen LogP contribution in [-0.2, 0) is 6.42 Å². The van der Waals surface area contributed by atoms with Crippen LogP contribution < -0.4 is 0 Å². The molecule has 1 nitrogen and oxygen atoms in total. The van der Waals surface area contributed by atoms with Gasteiger partial charge in [-0.1, -0.05) is 30.7 Å². The third-order valence-electron chi connectivity index (χ3n) is 6.50. The lowest BCUT2D eigenvalue weighted by Crippen LogP contribution is -2.42. The van der Waals surface area contributed by atoms with Crippen molar-refractivity contribution in [1.29, 1.82) is 0 Å². The Balaban J connectivity index is 1.75. The summed E-state index contributed by atoms with van der Waals surface area (Å²) in [5.74, 6) is 2.35. The highest BCUT2D eigenvalue weighted by Crippen LogP contribution is 2.60. The summed E-state index contributed by atoms with van der Waals surface area (Å²) in [4.78, 5) is 1.32. The number of benzene rings is 1. The fourth-order valence-corrected chi connectivity index (χ4v) is 5.89. The Morgan fingerprint density at radius 1 is 1.24 bits per heavy atom. The quantitative estimate of drug-likeness (QED) is 0.657. The number of halogens is 1. The first-order valence-electron chi connectivity index (χ1n) is 8.05. The van der Waals surface area contributed by atoms with E-state index in [0.29, 0.717) is 16.4 Å². The average Bonchev–Trinajstić information content (AvgIpc) is 2.76. The fraction of sp³-hybridized carbons (Fsp3) is 0.611. The summed E-state index contributed by atoms with van der Waals surface area (Å²) in [6.07, 6.45) is 7.16. The van der Waals surface area contributed by atoms with Crippen LogP contribution in [0.1, 0.15) is 56.1 Å². The highest BCUT2D eigenvalue weighted by molar-refractivity contribution is 7.80. The molecule has 2 fully saturated rings. The maximum atomic E-state index is 9.85. The van der Waals surface area contributed by atoms with Crippen LogP contribution in [0.15, 0.2) is 12.1 Å². The van der Waals surface area contributed by atoms with Crippen LogP contribution in [0.3, 0.4) is 0 Å². The van der Waals surface area contributed by atoms with Crippen molar-refractivity contribution in [2.75, 3.05) is 0 Å². The molecule has 0 radical (unpaired) electrons. The number of phenols is 1. The molecule has 1 aromatic carbocycles. The van der Waals surface area contributed by atoms with Gasteiger partial charge in [0.2, 0.25) is 0 Å². The number of thiocarbonyl (C=S) groups is 1. The van der Waals surface area contributed by atoms with Crippen LogP contribution in [0.2, 0.25) is 5.02 Å². The summed E-state index contributed by atoms with van der Waals surface area (Å²) in [5, 5.41) is 10.4. The van der Waals surface area contributed by atoms with Gasteiger partial charge in [0.1, 0.15) is 5.75 Å². The van der Waals surface area contributed by atoms with Crippen LogP contribution in [0.5, 0.6) is 5.75 Å². The third kappa shape index (κ3) is 1.91. The maximum Gasteiger partial charge on any atom is 0.134 e. The molecule has 0 aliphatic heterocycles. The molecule has 0 amide bonds. The smallest absolute Gasteiger partial charge is 0.134 e. The maximum absolute atomic E-state index is 9.85. The molecule has 3 aliphatic carbocycles. The lowest BCUT2D eigenvalue weighted by atomic mass is 9.56. The third-order valence-corrected chi connectivity index (χ3v) is 7.47. The molecule has 4 atom stereocenters. The molecule has 0 spiro atoms. The monoisotopic (exact) mass is 320 g/mol. The fourth-order valence-electron chi connectivity index (χ4n) is 5.35. The molecule has 1 N–H and O–H groups in total. The zero-order valence-corrected chi connectivity index (χ0v) is 13.9. The van der Waals surface area contributed by atoms with E-state index in [4.69, 9.17) is 23.8 Å². The highest BCUT2D eigenvalue weighted by atomic mass is 35.5. The minimum absolute atomic E-state index is 0.233. The van der Waals surface area contributed by atoms with Crippen molar-refractivity contribution in [2.45, 2.75) is 51.4 Å². The average molecular weight is 321 g/mol. The number of phenolic OH excluding ortho intramolecular Hbond substituents is 1. The predicted molar refractivity (Wildman–Crippen MR) is 90.3 cm³/mol. The summed E-state index contributed by atoms with van der Waals surface area (Å²) in [5.41, 5.74) is 3.01. The number of hydrogen-bond acceptors (Lipinski definition) is 2. The Kier molecular flexibility index (Phi) is 3.14. The van der Waals surface area contributed by atoms with Gasteiger partial charge in [-0.25, -0.2) is 0 Å². The summed E-state index contributed by atoms with van der Waals surface area (Å²) in [7, 11) is 0. The van der Waals surface area contributed by atoms with Gasteiger partial charge in [-0.3, -0.25) is 0 Å². The molecule has 4 rings (SSSR count). The lowest BCUT2D eigenvalue weighted by molar-refractivity contribution is 0.0967. The van der Waals surface area contributed by atoms with Crippen LogP contribution in [0, 0.1) is 17.3 Å². The second-order valence-electron chi connectivity index (χ2n) is 7.34. The SMILES string of the molecule is C[C@]12CC[C@@H]3c4cc(Cl)c(O)cc4CC[C@H]3[C@@H]1CCC2=S. The van der Waals surface area contributed by atoms with E-state index in [1.165, 1.54) is 41.7 Å². The van der Waals surface area contributed by atoms with E-state index >= 15 is 0 Å². The highest BCUT2D eigenvalue weighted by Gasteiger charge is 2.52. The molecule has 21 heavy (non-hydrogen) atoms. The Labute approximate surface area is 136 Å². The molecule has 3 aliphatic rings. The van der Waals surface area contributed by atoms with E-state index in [1.54, 1.807) is 0 Å². The van der Waals surface area contributed by atoms with E-state index in [1.807, 2.05) is 12.1 Å². The van der Waals surface area contributed by atoms with Gasteiger partial charge in [0.15, 0.2) is 0 Å². The molecule has 1 aromatic rings. The molecule has 3 heteroatoms. The van der Waals surface area contributed by atoms with E-state index in [2.05, 4.69) is 6.92 Å². The van der Waals surface area contributed by atoms with Gasteiger partial charge in [0.05, 0.1) is 5.02 Å². The van der Waals surface area contributed by atoms with Crippen molar-refractivity contribution in [3.05, 3.63) is 28.3 Å². The Bertz CT molecular complexity index is 626. The molecular formula is C18H21ClOS. The van der Waals surface area contributed by atoms with Gasteiger partial charge in [-0.2, -0.15) is 0 Å². The minimum atomic E-state index is 0.233. The Morgan fingerprint density at radius 3 is 2.86 bits per heavy atom. The van der Waals surface area contributed by atoms with Crippen molar-refractivity contribution >= 4 is 28.7 Å². The number of aryl methyl sites for hydroxylation is 1. The number of aromatic hydroxyl groups is 1. The molecule has 112 valence electrons. The van der Waals surface area contributed by atoms with Gasteiger partial charge in [0, 0.05) is 5.41 Å². The first-order chi connectivity index (χ1) is 10.0. The second kappa shape index (κ2) is 4.70. The van der Waals surface area contributed by atoms with Crippen LogP contribution in [0.4, 0.5) is 0 Å². The zero-order valence-electron chi connectivity index (χ0n) is 12.4. The first kappa shape index (κ1) is 14.0. The van der Waals surface area contributed by atoms with Gasteiger partial charge in [-0.15, -0.1) is 0 Å². The Hall–Kier alpha value is -0.600. The van der Waals surface area contributed by atoms with Gasteiger partial charge >= 0.3 is 0 Å².